The Bertz CT molecular complexity index is 1500. The smallest absolute Gasteiger partial charge is 0.285 e. The van der Waals surface area contributed by atoms with E-state index in [1.807, 2.05) is 30.3 Å². The van der Waals surface area contributed by atoms with Crippen LogP contribution in [0.2, 0.25) is 0 Å². The number of nitrogens with zero attached hydrogens (tertiary/aromatic N) is 3. The molecule has 9 nitrogen and oxygen atoms in total. The van der Waals surface area contributed by atoms with E-state index >= 15 is 0 Å². The maximum Gasteiger partial charge on any atom is 0.285 e. The number of aromatic nitrogens is 4. The highest BCUT2D eigenvalue weighted by Gasteiger charge is 2.24. The van der Waals surface area contributed by atoms with Gasteiger partial charge < -0.3 is 18.6 Å². The SMILES string of the molecule is COCCOc1[nH]n2c(=O)c(-c3nc4c(OC)cccc4o3)c(C)nc2c1-c1ccccc1. The Hall–Kier alpha value is -4.11. The second-order valence-electron chi connectivity index (χ2n) is 7.39. The molecule has 2 aromatic carbocycles. The summed E-state index contributed by atoms with van der Waals surface area (Å²) in [6.45, 7) is 2.48. The zero-order valence-electron chi connectivity index (χ0n) is 18.4. The molecular formula is C24H22N4O5. The van der Waals surface area contributed by atoms with E-state index in [4.69, 9.17) is 23.6 Å². The molecule has 0 fully saturated rings. The number of rotatable bonds is 7. The number of nitrogens with one attached hydrogen (secondary N) is 1. The van der Waals surface area contributed by atoms with E-state index in [2.05, 4.69) is 10.1 Å². The van der Waals surface area contributed by atoms with E-state index in [-0.39, 0.29) is 17.0 Å². The van der Waals surface area contributed by atoms with Crippen molar-refractivity contribution in [1.82, 2.24) is 19.6 Å². The molecular weight excluding hydrogens is 424 g/mol. The van der Waals surface area contributed by atoms with Crippen LogP contribution < -0.4 is 15.0 Å². The number of para-hydroxylation sites is 1. The van der Waals surface area contributed by atoms with Gasteiger partial charge in [-0.05, 0) is 24.6 Å². The molecule has 0 aliphatic heterocycles. The molecule has 0 amide bonds. The quantitative estimate of drug-likeness (QED) is 0.379. The van der Waals surface area contributed by atoms with Crippen molar-refractivity contribution in [3.63, 3.8) is 0 Å². The fourth-order valence-corrected chi connectivity index (χ4v) is 3.80. The first-order valence-corrected chi connectivity index (χ1v) is 10.4. The minimum atomic E-state index is -0.346. The van der Waals surface area contributed by atoms with Crippen LogP contribution in [0.4, 0.5) is 0 Å². The van der Waals surface area contributed by atoms with E-state index in [1.54, 1.807) is 39.3 Å². The fraction of sp³-hybridized carbons (Fsp3) is 0.208. The van der Waals surface area contributed by atoms with Crippen LogP contribution in [0.1, 0.15) is 5.69 Å². The predicted molar refractivity (Wildman–Crippen MR) is 123 cm³/mol. The first kappa shape index (κ1) is 20.8. The number of H-pyrrole nitrogens is 1. The van der Waals surface area contributed by atoms with E-state index in [0.29, 0.717) is 52.8 Å². The minimum Gasteiger partial charge on any atom is -0.494 e. The van der Waals surface area contributed by atoms with Crippen molar-refractivity contribution in [3.8, 4) is 34.2 Å². The van der Waals surface area contributed by atoms with Gasteiger partial charge in [0, 0.05) is 7.11 Å². The van der Waals surface area contributed by atoms with Crippen molar-refractivity contribution >= 4 is 16.7 Å². The number of methoxy groups -OCH3 is 2. The van der Waals surface area contributed by atoms with Crippen molar-refractivity contribution in [3.05, 3.63) is 64.6 Å². The molecule has 0 aliphatic rings. The molecule has 0 saturated heterocycles. The third-order valence-electron chi connectivity index (χ3n) is 5.34. The van der Waals surface area contributed by atoms with E-state index < -0.39 is 0 Å². The monoisotopic (exact) mass is 446 g/mol. The Morgan fingerprint density at radius 3 is 2.58 bits per heavy atom. The maximum absolute atomic E-state index is 13.6. The molecule has 0 saturated carbocycles. The standard InChI is InChI=1S/C24H22N4O5/c1-14-18(22-26-20-16(31-3)10-7-11-17(20)33-22)24(29)28-21(25-14)19(15-8-5-4-6-9-15)23(27-28)32-13-12-30-2/h4-11,27H,12-13H2,1-3H3. The Kier molecular flexibility index (Phi) is 5.31. The minimum absolute atomic E-state index is 0.177. The van der Waals surface area contributed by atoms with Crippen LogP contribution in [0.15, 0.2) is 57.7 Å². The first-order chi connectivity index (χ1) is 16.1. The van der Waals surface area contributed by atoms with Gasteiger partial charge in [-0.2, -0.15) is 4.52 Å². The summed E-state index contributed by atoms with van der Waals surface area (Å²) in [5, 5.41) is 3.05. The lowest BCUT2D eigenvalue weighted by Gasteiger charge is -2.06. The number of aromatic amines is 1. The van der Waals surface area contributed by atoms with Gasteiger partial charge in [-0.1, -0.05) is 36.4 Å². The molecule has 3 heterocycles. The summed E-state index contributed by atoms with van der Waals surface area (Å²) in [5.74, 6) is 1.17. The molecule has 168 valence electrons. The second-order valence-corrected chi connectivity index (χ2v) is 7.39. The number of hydrogen-bond acceptors (Lipinski definition) is 7. The summed E-state index contributed by atoms with van der Waals surface area (Å²) >= 11 is 0. The molecule has 33 heavy (non-hydrogen) atoms. The lowest BCUT2D eigenvalue weighted by atomic mass is 10.1. The average molecular weight is 446 g/mol. The van der Waals surface area contributed by atoms with E-state index in [1.165, 1.54) is 4.52 Å². The van der Waals surface area contributed by atoms with Crippen LogP contribution >= 0.6 is 0 Å². The highest BCUT2D eigenvalue weighted by Crippen LogP contribution is 2.34. The van der Waals surface area contributed by atoms with Crippen LogP contribution in [0.3, 0.4) is 0 Å². The van der Waals surface area contributed by atoms with Crippen molar-refractivity contribution in [2.45, 2.75) is 6.92 Å². The Balaban J connectivity index is 1.73. The number of fused-ring (bicyclic) bond motifs is 2. The van der Waals surface area contributed by atoms with Crippen molar-refractivity contribution < 1.29 is 18.6 Å². The van der Waals surface area contributed by atoms with Crippen LogP contribution in [0, 0.1) is 6.92 Å². The van der Waals surface area contributed by atoms with Gasteiger partial charge in [-0.3, -0.25) is 9.89 Å². The number of oxazole rings is 1. The summed E-state index contributed by atoms with van der Waals surface area (Å²) in [6.07, 6.45) is 0. The Morgan fingerprint density at radius 2 is 1.82 bits per heavy atom. The highest BCUT2D eigenvalue weighted by atomic mass is 16.5. The van der Waals surface area contributed by atoms with E-state index in [0.717, 1.165) is 5.56 Å². The zero-order chi connectivity index (χ0) is 22.9. The van der Waals surface area contributed by atoms with Gasteiger partial charge in [0.2, 0.25) is 11.8 Å². The average Bonchev–Trinajstić information content (AvgIpc) is 3.41. The van der Waals surface area contributed by atoms with Gasteiger partial charge in [0.05, 0.1) is 25.0 Å². The number of benzene rings is 2. The van der Waals surface area contributed by atoms with Gasteiger partial charge in [-0.15, -0.1) is 0 Å². The number of hydrogen-bond donors (Lipinski definition) is 1. The molecule has 0 atom stereocenters. The van der Waals surface area contributed by atoms with Gasteiger partial charge in [0.1, 0.15) is 17.9 Å². The molecule has 5 rings (SSSR count). The predicted octanol–water partition coefficient (Wildman–Crippen LogP) is 3.84. The lowest BCUT2D eigenvalue weighted by molar-refractivity contribution is 0.144. The molecule has 0 aliphatic carbocycles. The summed E-state index contributed by atoms with van der Waals surface area (Å²) in [4.78, 5) is 22.9. The molecule has 0 spiro atoms. The fourth-order valence-electron chi connectivity index (χ4n) is 3.80. The van der Waals surface area contributed by atoms with Crippen molar-refractivity contribution in [2.75, 3.05) is 27.4 Å². The third kappa shape index (κ3) is 3.52. The zero-order valence-corrected chi connectivity index (χ0v) is 18.4. The summed E-state index contributed by atoms with van der Waals surface area (Å²) < 4.78 is 23.6. The number of aryl methyl sites for hydroxylation is 1. The number of ether oxygens (including phenoxy) is 3. The second kappa shape index (κ2) is 8.44. The Morgan fingerprint density at radius 1 is 1.00 bits per heavy atom. The largest absolute Gasteiger partial charge is 0.494 e. The van der Waals surface area contributed by atoms with Crippen LogP contribution in [0.5, 0.6) is 11.6 Å². The topological polar surface area (TPSA) is 104 Å². The molecule has 3 aromatic heterocycles. The molecule has 0 bridgehead atoms. The lowest BCUT2D eigenvalue weighted by Crippen LogP contribution is -2.19. The van der Waals surface area contributed by atoms with Crippen molar-refractivity contribution in [2.24, 2.45) is 0 Å². The molecule has 0 radical (unpaired) electrons. The maximum atomic E-state index is 13.6. The van der Waals surface area contributed by atoms with Gasteiger partial charge in [0.25, 0.3) is 5.56 Å². The molecule has 0 unspecified atom stereocenters. The normalized spacial score (nSPS) is 11.4. The van der Waals surface area contributed by atoms with Gasteiger partial charge >= 0.3 is 0 Å². The summed E-state index contributed by atoms with van der Waals surface area (Å²) in [7, 11) is 3.16. The third-order valence-corrected chi connectivity index (χ3v) is 5.34. The van der Waals surface area contributed by atoms with Crippen LogP contribution in [-0.4, -0.2) is 47.0 Å². The van der Waals surface area contributed by atoms with E-state index in [9.17, 15) is 4.79 Å². The molecule has 1 N–H and O–H groups in total. The summed E-state index contributed by atoms with van der Waals surface area (Å²) in [6, 6.07) is 15.0. The van der Waals surface area contributed by atoms with Crippen molar-refractivity contribution in [1.29, 1.82) is 0 Å². The van der Waals surface area contributed by atoms with Gasteiger partial charge in [0.15, 0.2) is 16.7 Å². The first-order valence-electron chi connectivity index (χ1n) is 10.4. The Labute approximate surface area is 188 Å². The van der Waals surface area contributed by atoms with Gasteiger partial charge in [-0.25, -0.2) is 9.97 Å². The van der Waals surface area contributed by atoms with Crippen LogP contribution in [0.25, 0.3) is 39.3 Å². The summed E-state index contributed by atoms with van der Waals surface area (Å²) in [5.41, 5.74) is 3.48. The molecule has 5 aromatic rings. The molecule has 9 heteroatoms. The van der Waals surface area contributed by atoms with Crippen LogP contribution in [-0.2, 0) is 4.74 Å². The highest BCUT2D eigenvalue weighted by molar-refractivity contribution is 5.84.